The van der Waals surface area contributed by atoms with Crippen LogP contribution in [0.2, 0.25) is 0 Å². The molecule has 0 radical (unpaired) electrons. The Morgan fingerprint density at radius 2 is 2.00 bits per heavy atom. The third kappa shape index (κ3) is 3.78. The molecule has 174 valence electrons. The van der Waals surface area contributed by atoms with Crippen LogP contribution in [0.15, 0.2) is 25.7 Å². The molecule has 0 aliphatic carbocycles. The van der Waals surface area contributed by atoms with Gasteiger partial charge in [-0.3, -0.25) is 4.90 Å². The standard InChI is InChI=1S/C17H25N9O4S2/c27-10-9-25-5-7-26(8-6-25)13-1-2-14-16(15(13)17-19-22-23-20-17)32(29,30)24-31(14,28)21-12-3-4-18-11-12/h1-2,12,18,27H,3-11H2,(H,21,24,28)(H,19,20,22,23)/t12-,31?/m1/s1. The number of rotatable bonds is 6. The van der Waals surface area contributed by atoms with E-state index in [2.05, 4.69) is 39.3 Å². The van der Waals surface area contributed by atoms with Crippen LogP contribution < -0.4 is 14.9 Å². The van der Waals surface area contributed by atoms with Crippen molar-refractivity contribution in [3.63, 3.8) is 0 Å². The van der Waals surface area contributed by atoms with Gasteiger partial charge in [0, 0.05) is 51.0 Å². The van der Waals surface area contributed by atoms with Crippen molar-refractivity contribution in [1.82, 2.24) is 35.6 Å². The molecule has 4 heterocycles. The maximum absolute atomic E-state index is 13.7. The minimum atomic E-state index is -4.22. The van der Waals surface area contributed by atoms with E-state index in [-0.39, 0.29) is 33.8 Å². The minimum Gasteiger partial charge on any atom is -0.395 e. The zero-order chi connectivity index (χ0) is 22.3. The normalized spacial score (nSPS) is 27.4. The number of tetrazole rings is 1. The number of piperazine rings is 1. The summed E-state index contributed by atoms with van der Waals surface area (Å²) < 4.78 is 46.9. The zero-order valence-corrected chi connectivity index (χ0v) is 18.9. The largest absolute Gasteiger partial charge is 0.395 e. The van der Waals surface area contributed by atoms with Crippen LogP contribution >= 0.6 is 0 Å². The molecule has 13 nitrogen and oxygen atoms in total. The first-order valence-electron chi connectivity index (χ1n) is 10.4. The molecule has 2 atom stereocenters. The minimum absolute atomic E-state index is 0.0879. The molecule has 3 aliphatic rings. The van der Waals surface area contributed by atoms with Crippen LogP contribution in [0.4, 0.5) is 5.69 Å². The Morgan fingerprint density at radius 1 is 1.19 bits per heavy atom. The summed E-state index contributed by atoms with van der Waals surface area (Å²) in [7, 11) is -7.59. The predicted octanol–water partition coefficient (Wildman–Crippen LogP) is -1.62. The van der Waals surface area contributed by atoms with Gasteiger partial charge in [0.05, 0.1) is 17.1 Å². The summed E-state index contributed by atoms with van der Waals surface area (Å²) in [5.74, 6) is 0.111. The van der Waals surface area contributed by atoms with E-state index in [0.29, 0.717) is 45.0 Å². The Kier molecular flexibility index (Phi) is 5.63. The lowest BCUT2D eigenvalue weighted by atomic mass is 10.1. The van der Waals surface area contributed by atoms with Gasteiger partial charge in [-0.05, 0) is 30.3 Å². The number of aromatic nitrogens is 4. The summed E-state index contributed by atoms with van der Waals surface area (Å²) in [5.41, 5.74) is 0.880. The highest BCUT2D eigenvalue weighted by Crippen LogP contribution is 2.43. The lowest BCUT2D eigenvalue weighted by molar-refractivity contribution is 0.189. The van der Waals surface area contributed by atoms with Crippen molar-refractivity contribution in [2.24, 2.45) is 3.77 Å². The second-order valence-corrected chi connectivity index (χ2v) is 11.6. The SMILES string of the molecule is O=S1(=O)N=S(=O)(N[C@@H]2CCNC2)c2ccc(N3CCN(CCO)CC3)c(-c3nn[nH]n3)c21. The second-order valence-electron chi connectivity index (χ2n) is 7.96. The predicted molar refractivity (Wildman–Crippen MR) is 116 cm³/mol. The monoisotopic (exact) mass is 483 g/mol. The summed E-state index contributed by atoms with van der Waals surface area (Å²) in [5, 5.41) is 26.4. The van der Waals surface area contributed by atoms with E-state index in [9.17, 15) is 17.7 Å². The summed E-state index contributed by atoms with van der Waals surface area (Å²) in [6.45, 7) is 4.72. The molecule has 32 heavy (non-hydrogen) atoms. The molecule has 0 spiro atoms. The molecule has 1 unspecified atom stereocenters. The van der Waals surface area contributed by atoms with E-state index in [1.54, 1.807) is 12.1 Å². The van der Waals surface area contributed by atoms with Gasteiger partial charge in [-0.25, -0.2) is 8.93 Å². The van der Waals surface area contributed by atoms with E-state index in [1.165, 1.54) is 0 Å². The fourth-order valence-electron chi connectivity index (χ4n) is 4.41. The van der Waals surface area contributed by atoms with Gasteiger partial charge in [0.1, 0.15) is 4.90 Å². The van der Waals surface area contributed by atoms with Gasteiger partial charge >= 0.3 is 0 Å². The van der Waals surface area contributed by atoms with Crippen LogP contribution in [0.3, 0.4) is 0 Å². The van der Waals surface area contributed by atoms with Crippen LogP contribution in [-0.4, -0.2) is 102 Å². The van der Waals surface area contributed by atoms with E-state index in [4.69, 9.17) is 0 Å². The Balaban J connectivity index is 1.60. The third-order valence-electron chi connectivity index (χ3n) is 5.94. The van der Waals surface area contributed by atoms with Crippen molar-refractivity contribution < 1.29 is 17.7 Å². The smallest absolute Gasteiger partial charge is 0.293 e. The zero-order valence-electron chi connectivity index (χ0n) is 17.3. The average molecular weight is 484 g/mol. The van der Waals surface area contributed by atoms with E-state index in [1.807, 2.05) is 4.90 Å². The number of benzene rings is 1. The van der Waals surface area contributed by atoms with Crippen LogP contribution in [-0.2, 0) is 19.9 Å². The van der Waals surface area contributed by atoms with Crippen molar-refractivity contribution in [1.29, 1.82) is 0 Å². The van der Waals surface area contributed by atoms with E-state index in [0.717, 1.165) is 13.0 Å². The maximum Gasteiger partial charge on any atom is 0.293 e. The van der Waals surface area contributed by atoms with Crippen molar-refractivity contribution in [3.05, 3.63) is 12.1 Å². The van der Waals surface area contributed by atoms with Crippen LogP contribution in [0.1, 0.15) is 6.42 Å². The number of nitrogens with zero attached hydrogens (tertiary/aromatic N) is 6. The number of hydrogen-bond acceptors (Lipinski definition) is 10. The van der Waals surface area contributed by atoms with Gasteiger partial charge in [-0.15, -0.1) is 10.2 Å². The van der Waals surface area contributed by atoms with Crippen LogP contribution in [0.25, 0.3) is 11.4 Å². The maximum atomic E-state index is 13.7. The van der Waals surface area contributed by atoms with Crippen molar-refractivity contribution in [2.45, 2.75) is 22.3 Å². The number of anilines is 1. The molecule has 5 rings (SSSR count). The molecule has 0 amide bonds. The fourth-order valence-corrected chi connectivity index (χ4v) is 9.12. The molecule has 15 heteroatoms. The van der Waals surface area contributed by atoms with Crippen LogP contribution in [0, 0.1) is 0 Å². The summed E-state index contributed by atoms with van der Waals surface area (Å²) in [6, 6.07) is 3.21. The summed E-state index contributed by atoms with van der Waals surface area (Å²) in [4.78, 5) is 4.18. The van der Waals surface area contributed by atoms with E-state index >= 15 is 0 Å². The molecular weight excluding hydrogens is 458 g/mol. The molecule has 0 bridgehead atoms. The van der Waals surface area contributed by atoms with Gasteiger partial charge in [-0.2, -0.15) is 13.6 Å². The first kappa shape index (κ1) is 21.7. The Bertz CT molecular complexity index is 1210. The molecule has 4 N–H and O–H groups in total. The Hall–Kier alpha value is -2.17. The van der Waals surface area contributed by atoms with Crippen molar-refractivity contribution in [3.8, 4) is 11.4 Å². The molecule has 0 saturated carbocycles. The molecule has 1 aromatic carbocycles. The molecular formula is C17H25N9O4S2. The lowest BCUT2D eigenvalue weighted by Gasteiger charge is -2.36. The number of β-amino-alcohol motifs (C(OH)–C–C–N with tert-alkyl or cyclic N) is 1. The Labute approximate surface area is 185 Å². The quantitative estimate of drug-likeness (QED) is 0.374. The summed E-state index contributed by atoms with van der Waals surface area (Å²) >= 11 is 0. The number of aliphatic hydroxyl groups excluding tert-OH is 1. The van der Waals surface area contributed by atoms with Crippen LogP contribution in [0.5, 0.6) is 0 Å². The lowest BCUT2D eigenvalue weighted by Crippen LogP contribution is -2.47. The molecule has 1 aromatic heterocycles. The first-order valence-corrected chi connectivity index (χ1v) is 13.4. The van der Waals surface area contributed by atoms with Crippen molar-refractivity contribution in [2.75, 3.05) is 57.3 Å². The average Bonchev–Trinajstić information content (AvgIpc) is 3.50. The topological polar surface area (TPSA) is 169 Å². The fraction of sp³-hybridized carbons (Fsp3) is 0.588. The van der Waals surface area contributed by atoms with Gasteiger partial charge < -0.3 is 15.3 Å². The molecule has 2 saturated heterocycles. The molecule has 3 aliphatic heterocycles. The number of aliphatic hydroxyl groups is 1. The highest BCUT2D eigenvalue weighted by atomic mass is 32.3. The van der Waals surface area contributed by atoms with Gasteiger partial charge in [0.25, 0.3) is 10.0 Å². The number of sulfonamides is 1. The second kappa shape index (κ2) is 8.31. The number of H-pyrrole nitrogens is 1. The number of fused-ring (bicyclic) bond motifs is 1. The number of aromatic amines is 1. The molecule has 2 fully saturated rings. The summed E-state index contributed by atoms with van der Waals surface area (Å²) in [6.07, 6.45) is 0.732. The van der Waals surface area contributed by atoms with Gasteiger partial charge in [-0.1, -0.05) is 3.77 Å². The van der Waals surface area contributed by atoms with E-state index < -0.39 is 19.9 Å². The first-order chi connectivity index (χ1) is 15.4. The van der Waals surface area contributed by atoms with Crippen molar-refractivity contribution >= 4 is 25.6 Å². The highest BCUT2D eigenvalue weighted by Gasteiger charge is 2.41. The highest BCUT2D eigenvalue weighted by molar-refractivity contribution is 8.05. The molecule has 2 aromatic rings. The van der Waals surface area contributed by atoms with Gasteiger partial charge in [0.15, 0.2) is 9.92 Å². The Morgan fingerprint density at radius 3 is 2.66 bits per heavy atom. The van der Waals surface area contributed by atoms with Gasteiger partial charge in [0.2, 0.25) is 5.82 Å². The number of nitrogens with one attached hydrogen (secondary N) is 3. The third-order valence-corrected chi connectivity index (χ3v) is 10.2. The number of hydrogen-bond donors (Lipinski definition) is 4.